The molecule has 0 radical (unpaired) electrons. The second-order valence-electron chi connectivity index (χ2n) is 10.5. The fourth-order valence-electron chi connectivity index (χ4n) is 5.82. The minimum absolute atomic E-state index is 0.0372. The fraction of sp³-hybridized carbons (Fsp3) is 0.462. The van der Waals surface area contributed by atoms with Crippen molar-refractivity contribution in [1.29, 1.82) is 0 Å². The number of carbonyl (C=O) groups is 1. The van der Waals surface area contributed by atoms with Crippen LogP contribution in [0.1, 0.15) is 69.2 Å². The van der Waals surface area contributed by atoms with Crippen molar-refractivity contribution < 1.29 is 13.7 Å². The largest absolute Gasteiger partial charge is 0.369 e. The summed E-state index contributed by atoms with van der Waals surface area (Å²) in [5.74, 6) is 0.760. The Bertz CT molecular complexity index is 1490. The number of anilines is 3. The molecule has 2 fully saturated rings. The van der Waals surface area contributed by atoms with E-state index in [0.29, 0.717) is 54.6 Å². The minimum atomic E-state index is -0.599. The van der Waals surface area contributed by atoms with Crippen molar-refractivity contribution in [1.82, 2.24) is 29.7 Å². The van der Waals surface area contributed by atoms with Gasteiger partial charge in [-0.1, -0.05) is 28.4 Å². The van der Waals surface area contributed by atoms with Gasteiger partial charge in [0.15, 0.2) is 12.0 Å². The van der Waals surface area contributed by atoms with Gasteiger partial charge in [0.25, 0.3) is 0 Å². The predicted molar refractivity (Wildman–Crippen MR) is 148 cm³/mol. The molecule has 0 unspecified atom stereocenters. The van der Waals surface area contributed by atoms with Crippen LogP contribution in [0, 0.1) is 11.7 Å². The second-order valence-corrected chi connectivity index (χ2v) is 11.3. The maximum atomic E-state index is 14.8. The van der Waals surface area contributed by atoms with Crippen LogP contribution in [0.5, 0.6) is 0 Å². The van der Waals surface area contributed by atoms with Crippen LogP contribution in [0.4, 0.5) is 22.0 Å². The smallest absolute Gasteiger partial charge is 0.229 e. The van der Waals surface area contributed by atoms with Gasteiger partial charge in [0.2, 0.25) is 23.7 Å². The predicted octanol–water partition coefficient (Wildman–Crippen LogP) is 5.75. The lowest BCUT2D eigenvalue weighted by atomic mass is 9.85. The number of hydrogen-bond donors (Lipinski definition) is 3. The van der Waals surface area contributed by atoms with Gasteiger partial charge in [0.05, 0.1) is 16.9 Å². The van der Waals surface area contributed by atoms with Gasteiger partial charge in [-0.3, -0.25) is 9.36 Å². The van der Waals surface area contributed by atoms with Gasteiger partial charge in [-0.05, 0) is 63.5 Å². The number of carbonyl (C=O) groups excluding carboxylic acids is 1. The Labute approximate surface area is 239 Å². The molecule has 0 bridgehead atoms. The summed E-state index contributed by atoms with van der Waals surface area (Å²) in [5.41, 5.74) is 6.79. The number of nitrogens with zero attached hydrogens (tertiary/aromatic N) is 6. The van der Waals surface area contributed by atoms with Gasteiger partial charge in [-0.25, -0.2) is 14.4 Å². The highest BCUT2D eigenvalue weighted by atomic mass is 35.5. The number of fused-ring (bicyclic) bond motifs is 1. The lowest BCUT2D eigenvalue weighted by Crippen LogP contribution is -2.29. The van der Waals surface area contributed by atoms with Crippen molar-refractivity contribution in [2.24, 2.45) is 11.7 Å². The normalized spacial score (nSPS) is 23.3. The van der Waals surface area contributed by atoms with Crippen LogP contribution < -0.4 is 16.4 Å². The van der Waals surface area contributed by atoms with Crippen molar-refractivity contribution in [2.45, 2.75) is 69.4 Å². The van der Waals surface area contributed by atoms with Gasteiger partial charge < -0.3 is 20.9 Å². The molecular weight excluding hydrogens is 560 g/mol. The van der Waals surface area contributed by atoms with E-state index in [1.807, 2.05) is 4.57 Å². The molecule has 11 nitrogen and oxygen atoms in total. The van der Waals surface area contributed by atoms with E-state index in [2.05, 4.69) is 25.8 Å². The summed E-state index contributed by atoms with van der Waals surface area (Å²) in [7, 11) is 0. The lowest BCUT2D eigenvalue weighted by Gasteiger charge is -2.29. The number of primary amides is 1. The van der Waals surface area contributed by atoms with Gasteiger partial charge in [-0.2, -0.15) is 9.97 Å². The third kappa shape index (κ3) is 5.42. The molecule has 3 heterocycles. The fourth-order valence-corrected chi connectivity index (χ4v) is 6.33. The number of hydrogen-bond acceptors (Lipinski definition) is 9. The average molecular weight is 588 g/mol. The Balaban J connectivity index is 1.28. The molecule has 4 aromatic rings. The van der Waals surface area contributed by atoms with E-state index in [9.17, 15) is 9.18 Å². The van der Waals surface area contributed by atoms with Crippen LogP contribution in [-0.2, 0) is 4.79 Å². The first kappa shape index (κ1) is 26.7. The average Bonchev–Trinajstić information content (AvgIpc) is 3.59. The van der Waals surface area contributed by atoms with Crippen LogP contribution in [0.25, 0.3) is 11.2 Å². The van der Waals surface area contributed by atoms with Crippen molar-refractivity contribution in [3.8, 4) is 0 Å². The zero-order chi connectivity index (χ0) is 27.8. The maximum absolute atomic E-state index is 14.8. The highest BCUT2D eigenvalue weighted by Crippen LogP contribution is 2.39. The standard InChI is InChI=1S/C26H28Cl2FN9O2/c27-15-9-18(28)21(19(29)10-15)36-26-35-20-11-31-25(34-16-5-1-14(2-6-16)24-32-12-33-40-24)37-23(20)38(26)17-7-3-13(4-8-17)22(30)39/h9-14,16-17H,1-8H2,(H2,30,39)(H,35,36)(H,31,34,37)/t13-,14?,16?,17+. The van der Waals surface area contributed by atoms with Crippen LogP contribution >= 0.6 is 23.2 Å². The van der Waals surface area contributed by atoms with E-state index in [-0.39, 0.29) is 45.6 Å². The van der Waals surface area contributed by atoms with E-state index in [0.717, 1.165) is 25.7 Å². The first-order valence-corrected chi connectivity index (χ1v) is 14.1. The maximum Gasteiger partial charge on any atom is 0.229 e. The van der Waals surface area contributed by atoms with Gasteiger partial charge in [0.1, 0.15) is 11.3 Å². The van der Waals surface area contributed by atoms with Crippen molar-refractivity contribution in [2.75, 3.05) is 10.6 Å². The minimum Gasteiger partial charge on any atom is -0.369 e. The van der Waals surface area contributed by atoms with E-state index in [4.69, 9.17) is 43.4 Å². The molecule has 2 aliphatic rings. The number of halogens is 3. The zero-order valence-electron chi connectivity index (χ0n) is 21.5. The summed E-state index contributed by atoms with van der Waals surface area (Å²) in [6.45, 7) is 0. The topological polar surface area (TPSA) is 150 Å². The van der Waals surface area contributed by atoms with Gasteiger partial charge >= 0.3 is 0 Å². The summed E-state index contributed by atoms with van der Waals surface area (Å²) >= 11 is 12.3. The molecule has 210 valence electrons. The summed E-state index contributed by atoms with van der Waals surface area (Å²) in [6, 6.07) is 2.81. The van der Waals surface area contributed by atoms with Crippen LogP contribution in [0.15, 0.2) is 29.2 Å². The lowest BCUT2D eigenvalue weighted by molar-refractivity contribution is -0.122. The first-order valence-electron chi connectivity index (χ1n) is 13.3. The summed E-state index contributed by atoms with van der Waals surface area (Å²) in [4.78, 5) is 30.0. The Kier molecular flexibility index (Phi) is 7.45. The number of nitrogens with two attached hydrogens (primary N) is 1. The monoisotopic (exact) mass is 587 g/mol. The summed E-state index contributed by atoms with van der Waals surface area (Å²) in [5, 5.41) is 10.6. The number of imidazole rings is 1. The van der Waals surface area contributed by atoms with Crippen LogP contribution in [0.2, 0.25) is 10.0 Å². The quantitative estimate of drug-likeness (QED) is 0.245. The summed E-state index contributed by atoms with van der Waals surface area (Å²) in [6.07, 6.45) is 9.43. The molecule has 1 aromatic carbocycles. The molecule has 1 amide bonds. The molecule has 14 heteroatoms. The van der Waals surface area contributed by atoms with Gasteiger partial charge in [0, 0.05) is 28.9 Å². The number of nitrogens with one attached hydrogen (secondary N) is 2. The Morgan fingerprint density at radius 3 is 2.50 bits per heavy atom. The molecule has 6 rings (SSSR count). The Morgan fingerprint density at radius 1 is 1.05 bits per heavy atom. The zero-order valence-corrected chi connectivity index (χ0v) is 23.0. The molecule has 2 saturated carbocycles. The van der Waals surface area contributed by atoms with E-state index in [1.165, 1.54) is 18.5 Å². The molecule has 40 heavy (non-hydrogen) atoms. The molecule has 0 atom stereocenters. The molecule has 4 N–H and O–H groups in total. The molecule has 2 aliphatic carbocycles. The second kappa shape index (κ2) is 11.2. The molecule has 0 aliphatic heterocycles. The van der Waals surface area contributed by atoms with E-state index in [1.54, 1.807) is 6.20 Å². The van der Waals surface area contributed by atoms with E-state index >= 15 is 0 Å². The SMILES string of the molecule is NC(=O)[C@H]1CC[C@@H](n2c(Nc3c(F)cc(Cl)cc3Cl)nc3cnc(NC4CCC(c5ncno5)CC4)nc32)CC1. The van der Waals surface area contributed by atoms with E-state index < -0.39 is 5.82 Å². The molecule has 0 spiro atoms. The molecule has 3 aromatic heterocycles. The van der Waals surface area contributed by atoms with Crippen molar-refractivity contribution >= 4 is 57.9 Å². The first-order chi connectivity index (χ1) is 19.4. The number of benzene rings is 1. The summed E-state index contributed by atoms with van der Waals surface area (Å²) < 4.78 is 22.0. The highest BCUT2D eigenvalue weighted by molar-refractivity contribution is 6.36. The third-order valence-corrected chi connectivity index (χ3v) is 8.44. The molecule has 0 saturated heterocycles. The van der Waals surface area contributed by atoms with Crippen LogP contribution in [-0.4, -0.2) is 41.6 Å². The number of amides is 1. The number of aromatic nitrogens is 6. The molecular formula is C26H28Cl2FN9O2. The van der Waals surface area contributed by atoms with Crippen molar-refractivity contribution in [3.63, 3.8) is 0 Å². The Hall–Kier alpha value is -3.51. The number of rotatable bonds is 7. The highest BCUT2D eigenvalue weighted by Gasteiger charge is 2.30. The van der Waals surface area contributed by atoms with Crippen LogP contribution in [0.3, 0.4) is 0 Å². The van der Waals surface area contributed by atoms with Gasteiger partial charge in [-0.15, -0.1) is 0 Å². The third-order valence-electron chi connectivity index (χ3n) is 7.93. The Morgan fingerprint density at radius 2 is 1.82 bits per heavy atom. The van der Waals surface area contributed by atoms with Crippen molar-refractivity contribution in [3.05, 3.63) is 46.4 Å².